The number of rotatable bonds is 5. The van der Waals surface area contributed by atoms with E-state index in [-0.39, 0.29) is 16.4 Å². The molecule has 10 heteroatoms. The Morgan fingerprint density at radius 1 is 1.11 bits per heavy atom. The first-order valence-electron chi connectivity index (χ1n) is 8.20. The third-order valence-electron chi connectivity index (χ3n) is 4.17. The Kier molecular flexibility index (Phi) is 5.55. The Bertz CT molecular complexity index is 1040. The lowest BCUT2D eigenvalue weighted by Crippen LogP contribution is -2.37. The molecule has 0 bridgehead atoms. The average molecular weight is 431 g/mol. The van der Waals surface area contributed by atoms with E-state index in [9.17, 15) is 16.8 Å². The summed E-state index contributed by atoms with van der Waals surface area (Å²) in [5.74, 6) is 0.166. The van der Waals surface area contributed by atoms with Crippen molar-refractivity contribution >= 4 is 43.0 Å². The number of hydrogen-bond donors (Lipinski definition) is 1. The highest BCUT2D eigenvalue weighted by Crippen LogP contribution is 2.32. The SMILES string of the molecule is COc1ccc(N2CCCCS2(=O)=O)cc1S(=O)(=O)Nc1ccc(Cl)cc1. The van der Waals surface area contributed by atoms with E-state index in [2.05, 4.69) is 4.72 Å². The number of hydrogen-bond acceptors (Lipinski definition) is 5. The van der Waals surface area contributed by atoms with E-state index in [1.54, 1.807) is 18.2 Å². The second kappa shape index (κ2) is 7.57. The molecule has 3 rings (SSSR count). The topological polar surface area (TPSA) is 92.8 Å². The zero-order chi connectivity index (χ0) is 19.7. The number of nitrogens with zero attached hydrogens (tertiary/aromatic N) is 1. The van der Waals surface area contributed by atoms with Crippen molar-refractivity contribution in [3.8, 4) is 5.75 Å². The molecule has 146 valence electrons. The van der Waals surface area contributed by atoms with E-state index in [1.165, 1.54) is 35.7 Å². The van der Waals surface area contributed by atoms with Gasteiger partial charge in [0.15, 0.2) is 0 Å². The first-order valence-corrected chi connectivity index (χ1v) is 11.7. The standard InChI is InChI=1S/C17H19ClN2O5S2/c1-25-16-9-8-15(20-10-2-3-11-26(20,21)22)12-17(16)27(23,24)19-14-6-4-13(18)5-7-14/h4-9,12,19H,2-3,10-11H2,1H3. The molecule has 0 unspecified atom stereocenters. The van der Waals surface area contributed by atoms with Crippen molar-refractivity contribution in [1.29, 1.82) is 0 Å². The van der Waals surface area contributed by atoms with Crippen LogP contribution in [0.15, 0.2) is 47.4 Å². The van der Waals surface area contributed by atoms with E-state index >= 15 is 0 Å². The Hall–Kier alpha value is -1.97. The van der Waals surface area contributed by atoms with Gasteiger partial charge >= 0.3 is 0 Å². The second-order valence-electron chi connectivity index (χ2n) is 6.04. The van der Waals surface area contributed by atoms with Gasteiger partial charge in [0, 0.05) is 17.3 Å². The minimum absolute atomic E-state index is 0.0458. The van der Waals surface area contributed by atoms with Gasteiger partial charge in [0.2, 0.25) is 10.0 Å². The summed E-state index contributed by atoms with van der Waals surface area (Å²) >= 11 is 5.82. The average Bonchev–Trinajstić information content (AvgIpc) is 2.62. The molecule has 0 spiro atoms. The van der Waals surface area contributed by atoms with Crippen molar-refractivity contribution in [3.63, 3.8) is 0 Å². The summed E-state index contributed by atoms with van der Waals surface area (Å²) in [5, 5.41) is 0.479. The quantitative estimate of drug-likeness (QED) is 0.786. The van der Waals surface area contributed by atoms with E-state index in [0.717, 1.165) is 6.42 Å². The summed E-state index contributed by atoms with van der Waals surface area (Å²) in [7, 11) is -6.11. The number of halogens is 1. The summed E-state index contributed by atoms with van der Waals surface area (Å²) in [6, 6.07) is 10.5. The van der Waals surface area contributed by atoms with Gasteiger partial charge in [0.1, 0.15) is 10.6 Å². The molecule has 1 N–H and O–H groups in total. The molecular formula is C17H19ClN2O5S2. The van der Waals surface area contributed by atoms with Gasteiger partial charge in [-0.15, -0.1) is 0 Å². The van der Waals surface area contributed by atoms with Crippen LogP contribution in [0.3, 0.4) is 0 Å². The van der Waals surface area contributed by atoms with Crippen molar-refractivity contribution in [1.82, 2.24) is 0 Å². The van der Waals surface area contributed by atoms with Crippen LogP contribution >= 0.6 is 11.6 Å². The third-order valence-corrected chi connectivity index (χ3v) is 7.69. The lowest BCUT2D eigenvalue weighted by Gasteiger charge is -2.28. The molecule has 0 aromatic heterocycles. The molecule has 0 aliphatic carbocycles. The summed E-state index contributed by atoms with van der Waals surface area (Å²) in [4.78, 5) is -0.141. The number of nitrogens with one attached hydrogen (secondary N) is 1. The van der Waals surface area contributed by atoms with Gasteiger partial charge in [-0.2, -0.15) is 0 Å². The van der Waals surface area contributed by atoms with Crippen LogP contribution in [0.1, 0.15) is 12.8 Å². The normalized spacial score (nSPS) is 16.7. The molecule has 2 aromatic rings. The van der Waals surface area contributed by atoms with Gasteiger partial charge in [-0.05, 0) is 55.3 Å². The molecule has 0 saturated carbocycles. The van der Waals surface area contributed by atoms with Crippen LogP contribution in [0, 0.1) is 0 Å². The van der Waals surface area contributed by atoms with E-state index in [4.69, 9.17) is 16.3 Å². The Labute approximate surface area is 164 Å². The van der Waals surface area contributed by atoms with Crippen LogP contribution in [0.5, 0.6) is 5.75 Å². The molecule has 1 saturated heterocycles. The van der Waals surface area contributed by atoms with Crippen molar-refractivity contribution in [3.05, 3.63) is 47.5 Å². The molecule has 1 fully saturated rings. The molecule has 0 atom stereocenters. The van der Waals surface area contributed by atoms with Gasteiger partial charge < -0.3 is 4.74 Å². The summed E-state index contributed by atoms with van der Waals surface area (Å²) < 4.78 is 59.3. The maximum Gasteiger partial charge on any atom is 0.265 e. The van der Waals surface area contributed by atoms with Gasteiger partial charge in [0.05, 0.1) is 18.6 Å². The number of ether oxygens (including phenoxy) is 1. The highest BCUT2D eigenvalue weighted by atomic mass is 35.5. The van der Waals surface area contributed by atoms with Crippen LogP contribution in [0.4, 0.5) is 11.4 Å². The minimum atomic E-state index is -4.01. The number of benzene rings is 2. The smallest absolute Gasteiger partial charge is 0.265 e. The third kappa shape index (κ3) is 4.31. The maximum atomic E-state index is 12.9. The zero-order valence-corrected chi connectivity index (χ0v) is 16.9. The molecule has 1 aliphatic heterocycles. The molecule has 27 heavy (non-hydrogen) atoms. The second-order valence-corrected chi connectivity index (χ2v) is 10.1. The molecule has 1 heterocycles. The fourth-order valence-electron chi connectivity index (χ4n) is 2.84. The van der Waals surface area contributed by atoms with E-state index in [1.807, 2.05) is 0 Å². The molecule has 2 aromatic carbocycles. The lowest BCUT2D eigenvalue weighted by atomic mass is 10.2. The van der Waals surface area contributed by atoms with Crippen molar-refractivity contribution < 1.29 is 21.6 Å². The first kappa shape index (κ1) is 19.8. The summed E-state index contributed by atoms with van der Waals surface area (Å²) in [5.41, 5.74) is 0.629. The largest absolute Gasteiger partial charge is 0.495 e. The van der Waals surface area contributed by atoms with Crippen LogP contribution in [-0.4, -0.2) is 36.2 Å². The monoisotopic (exact) mass is 430 g/mol. The summed E-state index contributed by atoms with van der Waals surface area (Å²) in [6.45, 7) is 0.318. The fourth-order valence-corrected chi connectivity index (χ4v) is 5.84. The Morgan fingerprint density at radius 3 is 2.44 bits per heavy atom. The van der Waals surface area contributed by atoms with Crippen LogP contribution < -0.4 is 13.8 Å². The van der Waals surface area contributed by atoms with E-state index in [0.29, 0.717) is 29.4 Å². The van der Waals surface area contributed by atoms with Gasteiger partial charge in [0.25, 0.3) is 10.0 Å². The van der Waals surface area contributed by atoms with Crippen molar-refractivity contribution in [2.75, 3.05) is 28.4 Å². The number of sulfonamides is 2. The minimum Gasteiger partial charge on any atom is -0.495 e. The summed E-state index contributed by atoms with van der Waals surface area (Å²) in [6.07, 6.45) is 1.31. The van der Waals surface area contributed by atoms with Crippen LogP contribution in [0.25, 0.3) is 0 Å². The van der Waals surface area contributed by atoms with Gasteiger partial charge in [-0.3, -0.25) is 9.03 Å². The molecule has 1 aliphatic rings. The van der Waals surface area contributed by atoms with E-state index < -0.39 is 20.0 Å². The Balaban J connectivity index is 2.01. The van der Waals surface area contributed by atoms with Gasteiger partial charge in [-0.25, -0.2) is 16.8 Å². The van der Waals surface area contributed by atoms with Crippen LogP contribution in [0.2, 0.25) is 5.02 Å². The number of anilines is 2. The Morgan fingerprint density at radius 2 is 1.81 bits per heavy atom. The lowest BCUT2D eigenvalue weighted by molar-refractivity contribution is 0.403. The molecule has 0 radical (unpaired) electrons. The highest BCUT2D eigenvalue weighted by molar-refractivity contribution is 7.93. The van der Waals surface area contributed by atoms with Crippen molar-refractivity contribution in [2.24, 2.45) is 0 Å². The maximum absolute atomic E-state index is 12.9. The fraction of sp³-hybridized carbons (Fsp3) is 0.294. The molecular weight excluding hydrogens is 412 g/mol. The molecule has 0 amide bonds. The van der Waals surface area contributed by atoms with Crippen molar-refractivity contribution in [2.45, 2.75) is 17.7 Å². The first-order chi connectivity index (χ1) is 12.7. The molecule has 7 nitrogen and oxygen atoms in total. The highest BCUT2D eigenvalue weighted by Gasteiger charge is 2.28. The predicted molar refractivity (Wildman–Crippen MR) is 106 cm³/mol. The predicted octanol–water partition coefficient (Wildman–Crippen LogP) is 3.08. The zero-order valence-electron chi connectivity index (χ0n) is 14.6. The van der Waals surface area contributed by atoms with Gasteiger partial charge in [-0.1, -0.05) is 11.6 Å². The van der Waals surface area contributed by atoms with Crippen LogP contribution in [-0.2, 0) is 20.0 Å². The number of methoxy groups -OCH3 is 1.